The van der Waals surface area contributed by atoms with E-state index in [1.807, 2.05) is 0 Å². The van der Waals surface area contributed by atoms with E-state index in [-0.39, 0.29) is 0 Å². The van der Waals surface area contributed by atoms with Crippen LogP contribution in [0.4, 0.5) is 0 Å². The Balaban J connectivity index is 2.02. The second kappa shape index (κ2) is 3.04. The normalized spacial score (nSPS) is 23.8. The number of nitrogens with zero attached hydrogens (tertiary/aromatic N) is 1. The summed E-state index contributed by atoms with van der Waals surface area (Å²) in [4.78, 5) is 2.34. The molecule has 0 atom stereocenters. The molecule has 13 heavy (non-hydrogen) atoms. The first-order valence-corrected chi connectivity index (χ1v) is 5.49. The molecular weight excluding hydrogens is 158 g/mol. The topological polar surface area (TPSA) is 3.24 Å². The summed E-state index contributed by atoms with van der Waals surface area (Å²) in [6, 6.07) is 0. The van der Waals surface area contributed by atoms with Crippen molar-refractivity contribution >= 4 is 0 Å². The van der Waals surface area contributed by atoms with Crippen LogP contribution < -0.4 is 0 Å². The van der Waals surface area contributed by atoms with Crippen LogP contribution in [0.2, 0.25) is 0 Å². The minimum atomic E-state index is 0.648. The van der Waals surface area contributed by atoms with Crippen LogP contribution >= 0.6 is 0 Å². The summed E-state index contributed by atoms with van der Waals surface area (Å²) in [6.07, 6.45) is 8.39. The van der Waals surface area contributed by atoms with Crippen molar-refractivity contribution in [2.45, 2.75) is 45.4 Å². The van der Waals surface area contributed by atoms with Crippen LogP contribution in [0.1, 0.15) is 45.4 Å². The summed E-state index contributed by atoms with van der Waals surface area (Å²) >= 11 is 0. The molecule has 0 bridgehead atoms. The Hall–Kier alpha value is -0.460. The third-order valence-electron chi connectivity index (χ3n) is 3.60. The fraction of sp³-hybridized carbons (Fsp3) is 0.833. The van der Waals surface area contributed by atoms with Gasteiger partial charge in [-0.05, 0) is 37.5 Å². The summed E-state index contributed by atoms with van der Waals surface area (Å²) in [5, 5.41) is 0. The van der Waals surface area contributed by atoms with Gasteiger partial charge in [0.15, 0.2) is 0 Å². The van der Waals surface area contributed by atoms with E-state index >= 15 is 0 Å². The molecule has 2 saturated carbocycles. The van der Waals surface area contributed by atoms with Gasteiger partial charge in [-0.3, -0.25) is 0 Å². The molecule has 2 aliphatic rings. The van der Waals surface area contributed by atoms with Crippen LogP contribution in [0.15, 0.2) is 11.3 Å². The van der Waals surface area contributed by atoms with Gasteiger partial charge in [-0.15, -0.1) is 0 Å². The van der Waals surface area contributed by atoms with E-state index in [0.29, 0.717) is 5.41 Å². The number of hydrogen-bond acceptors (Lipinski definition) is 1. The molecule has 2 fully saturated rings. The average Bonchev–Trinajstić information content (AvgIpc) is 2.78. The minimum absolute atomic E-state index is 0.648. The highest BCUT2D eigenvalue weighted by atomic mass is 15.1. The smallest absolute Gasteiger partial charge is 0.0125 e. The highest BCUT2D eigenvalue weighted by Gasteiger charge is 2.34. The maximum Gasteiger partial charge on any atom is 0.0125 e. The van der Waals surface area contributed by atoms with Gasteiger partial charge >= 0.3 is 0 Å². The first-order chi connectivity index (χ1) is 6.11. The van der Waals surface area contributed by atoms with Gasteiger partial charge in [-0.1, -0.05) is 18.9 Å². The molecule has 1 nitrogen and oxygen atoms in total. The quantitative estimate of drug-likeness (QED) is 0.643. The van der Waals surface area contributed by atoms with Gasteiger partial charge in [-0.2, -0.15) is 0 Å². The van der Waals surface area contributed by atoms with E-state index < -0.39 is 0 Å². The molecule has 0 aliphatic heterocycles. The van der Waals surface area contributed by atoms with Crippen LogP contribution in [0.3, 0.4) is 0 Å². The van der Waals surface area contributed by atoms with Crippen LogP contribution in [0, 0.1) is 5.41 Å². The van der Waals surface area contributed by atoms with Crippen LogP contribution in [0.5, 0.6) is 0 Å². The largest absolute Gasteiger partial charge is 0.381 e. The second-order valence-electron chi connectivity index (χ2n) is 5.29. The Kier molecular flexibility index (Phi) is 2.13. The fourth-order valence-electron chi connectivity index (χ4n) is 2.31. The zero-order valence-electron chi connectivity index (χ0n) is 9.19. The van der Waals surface area contributed by atoms with Crippen molar-refractivity contribution in [1.29, 1.82) is 0 Å². The Bertz CT molecular complexity index is 228. The maximum atomic E-state index is 2.45. The summed E-state index contributed by atoms with van der Waals surface area (Å²) in [5.41, 5.74) is 4.01. The monoisotopic (exact) mass is 179 g/mol. The molecule has 0 radical (unpaired) electrons. The van der Waals surface area contributed by atoms with E-state index in [1.165, 1.54) is 38.5 Å². The second-order valence-corrected chi connectivity index (χ2v) is 5.29. The number of rotatable bonds is 3. The molecule has 2 rings (SSSR count). The van der Waals surface area contributed by atoms with Crippen LogP contribution in [-0.2, 0) is 0 Å². The maximum absolute atomic E-state index is 2.45. The van der Waals surface area contributed by atoms with Crippen molar-refractivity contribution in [3.63, 3.8) is 0 Å². The van der Waals surface area contributed by atoms with Crippen molar-refractivity contribution in [2.24, 2.45) is 5.41 Å². The Morgan fingerprint density at radius 2 is 1.92 bits per heavy atom. The lowest BCUT2D eigenvalue weighted by molar-refractivity contribution is 0.149. The van der Waals surface area contributed by atoms with Gasteiger partial charge in [0.2, 0.25) is 0 Å². The van der Waals surface area contributed by atoms with E-state index in [1.54, 1.807) is 11.3 Å². The van der Waals surface area contributed by atoms with Gasteiger partial charge in [0.05, 0.1) is 0 Å². The van der Waals surface area contributed by atoms with Crippen molar-refractivity contribution in [3.05, 3.63) is 11.3 Å². The zero-order valence-corrected chi connectivity index (χ0v) is 9.19. The molecule has 0 aromatic carbocycles. The molecule has 0 aromatic heterocycles. The first-order valence-electron chi connectivity index (χ1n) is 5.49. The Labute approximate surface area is 81.8 Å². The molecule has 1 heteroatoms. The van der Waals surface area contributed by atoms with Gasteiger partial charge in [0.25, 0.3) is 0 Å². The lowest BCUT2D eigenvalue weighted by Gasteiger charge is -2.40. The summed E-state index contributed by atoms with van der Waals surface area (Å²) in [5.74, 6) is 0. The van der Waals surface area contributed by atoms with Crippen molar-refractivity contribution in [2.75, 3.05) is 14.1 Å². The number of hydrogen-bond donors (Lipinski definition) is 0. The van der Waals surface area contributed by atoms with Gasteiger partial charge in [0, 0.05) is 19.8 Å². The molecular formula is C12H21N. The number of allylic oxidation sites excluding steroid dienone is 2. The van der Waals surface area contributed by atoms with E-state index in [0.717, 1.165) is 0 Å². The molecule has 0 spiro atoms. The zero-order chi connectivity index (χ0) is 9.47. The predicted octanol–water partition coefficient (Wildman–Crippen LogP) is 3.18. The van der Waals surface area contributed by atoms with Crippen LogP contribution in [0.25, 0.3) is 0 Å². The molecule has 0 aromatic rings. The SMILES string of the molecule is CN(C)C(CC1(C)CCC1)=C1CC1. The lowest BCUT2D eigenvalue weighted by Crippen LogP contribution is -2.29. The van der Waals surface area contributed by atoms with E-state index in [9.17, 15) is 0 Å². The van der Waals surface area contributed by atoms with Gasteiger partial charge in [-0.25, -0.2) is 0 Å². The molecule has 0 unspecified atom stereocenters. The Morgan fingerprint density at radius 3 is 2.23 bits per heavy atom. The molecule has 2 aliphatic carbocycles. The van der Waals surface area contributed by atoms with E-state index in [4.69, 9.17) is 0 Å². The van der Waals surface area contributed by atoms with Gasteiger partial charge in [0.1, 0.15) is 0 Å². The third kappa shape index (κ3) is 1.90. The lowest BCUT2D eigenvalue weighted by atomic mass is 9.67. The van der Waals surface area contributed by atoms with Crippen molar-refractivity contribution in [3.8, 4) is 0 Å². The van der Waals surface area contributed by atoms with Crippen LogP contribution in [-0.4, -0.2) is 19.0 Å². The molecule has 0 saturated heterocycles. The minimum Gasteiger partial charge on any atom is -0.381 e. The third-order valence-corrected chi connectivity index (χ3v) is 3.60. The molecule has 0 N–H and O–H groups in total. The fourth-order valence-corrected chi connectivity index (χ4v) is 2.31. The molecule has 74 valence electrons. The van der Waals surface area contributed by atoms with Gasteiger partial charge < -0.3 is 4.90 Å². The highest BCUT2D eigenvalue weighted by molar-refractivity contribution is 5.25. The summed E-state index contributed by atoms with van der Waals surface area (Å²) in [7, 11) is 4.39. The standard InChI is InChI=1S/C12H21N/c1-12(7-4-8-12)9-11(13(2)3)10-5-6-10/h4-9H2,1-3H3. The average molecular weight is 179 g/mol. The van der Waals surface area contributed by atoms with E-state index in [2.05, 4.69) is 25.9 Å². The van der Waals surface area contributed by atoms with Crippen molar-refractivity contribution < 1.29 is 0 Å². The Morgan fingerprint density at radius 1 is 1.31 bits per heavy atom. The summed E-state index contributed by atoms with van der Waals surface area (Å²) in [6.45, 7) is 2.45. The first kappa shape index (κ1) is 9.11. The summed E-state index contributed by atoms with van der Waals surface area (Å²) < 4.78 is 0. The highest BCUT2D eigenvalue weighted by Crippen LogP contribution is 2.48. The molecule has 0 heterocycles. The van der Waals surface area contributed by atoms with Crippen molar-refractivity contribution in [1.82, 2.24) is 4.90 Å². The molecule has 0 amide bonds. The predicted molar refractivity (Wildman–Crippen MR) is 56.5 cm³/mol.